The van der Waals surface area contributed by atoms with Crippen molar-refractivity contribution >= 4 is 28.7 Å². The molecular weight excluding hydrogens is 300 g/mol. The third-order valence-corrected chi connectivity index (χ3v) is 3.86. The molecule has 1 aliphatic carbocycles. The van der Waals surface area contributed by atoms with E-state index in [4.69, 9.17) is 16.3 Å². The van der Waals surface area contributed by atoms with Crippen molar-refractivity contribution in [3.05, 3.63) is 17.8 Å². The summed E-state index contributed by atoms with van der Waals surface area (Å²) in [6.45, 7) is 1.26. The van der Waals surface area contributed by atoms with Crippen LogP contribution in [0, 0.1) is 0 Å². The Hall–Kier alpha value is -1.77. The lowest BCUT2D eigenvalue weighted by Gasteiger charge is -2.17. The molecule has 0 aromatic carbocycles. The van der Waals surface area contributed by atoms with Gasteiger partial charge in [-0.1, -0.05) is 11.6 Å². The van der Waals surface area contributed by atoms with Crippen molar-refractivity contribution in [3.63, 3.8) is 0 Å². The molecule has 112 valence electrons. The van der Waals surface area contributed by atoms with Gasteiger partial charge in [0.1, 0.15) is 30.2 Å². The lowest BCUT2D eigenvalue weighted by atomic mass is 10.2. The third kappa shape index (κ3) is 2.35. The van der Waals surface area contributed by atoms with Crippen molar-refractivity contribution in [2.45, 2.75) is 37.7 Å². The molecule has 0 radical (unpaired) electrons. The summed E-state index contributed by atoms with van der Waals surface area (Å²) in [5.74, 6) is -0.507. The summed E-state index contributed by atoms with van der Waals surface area (Å²) in [4.78, 5) is 23.1. The Bertz CT molecular complexity index is 691. The van der Waals surface area contributed by atoms with E-state index < -0.39 is 30.3 Å². The van der Waals surface area contributed by atoms with E-state index in [-0.39, 0.29) is 11.6 Å². The van der Waals surface area contributed by atoms with Gasteiger partial charge in [0.2, 0.25) is 0 Å². The summed E-state index contributed by atoms with van der Waals surface area (Å²) in [7, 11) is 0. The van der Waals surface area contributed by atoms with Gasteiger partial charge in [-0.2, -0.15) is 0 Å². The van der Waals surface area contributed by atoms with Crippen LogP contribution < -0.4 is 0 Å². The Morgan fingerprint density at radius 3 is 2.86 bits per heavy atom. The largest absolute Gasteiger partial charge is 0.460 e. The molecule has 1 saturated carbocycles. The Labute approximate surface area is 124 Å². The highest BCUT2D eigenvalue weighted by Gasteiger charge is 2.44. The summed E-state index contributed by atoms with van der Waals surface area (Å²) in [5, 5.41) is 20.4. The SMILES string of the molecule is CC(=O)O[C@H]1C[C@H](n2cnc3c(Cl)ncnc32)[C@@H](O)[C@H]1O. The number of hydrogen-bond acceptors (Lipinski definition) is 7. The van der Waals surface area contributed by atoms with Gasteiger partial charge in [-0.25, -0.2) is 15.0 Å². The van der Waals surface area contributed by atoms with Crippen molar-refractivity contribution in [1.82, 2.24) is 19.5 Å². The van der Waals surface area contributed by atoms with E-state index in [1.165, 1.54) is 19.6 Å². The Morgan fingerprint density at radius 2 is 2.14 bits per heavy atom. The molecular formula is C12H13ClN4O4. The second kappa shape index (κ2) is 5.21. The Kier molecular flexibility index (Phi) is 3.52. The first kappa shape index (κ1) is 14.2. The van der Waals surface area contributed by atoms with Crippen LogP contribution in [0.4, 0.5) is 0 Å². The average Bonchev–Trinajstić information content (AvgIpc) is 2.96. The minimum absolute atomic E-state index is 0.211. The monoisotopic (exact) mass is 312 g/mol. The van der Waals surface area contributed by atoms with E-state index in [0.717, 1.165) is 0 Å². The topological polar surface area (TPSA) is 110 Å². The van der Waals surface area contributed by atoms with Crippen LogP contribution in [0.1, 0.15) is 19.4 Å². The number of hydrogen-bond donors (Lipinski definition) is 2. The standard InChI is InChI=1S/C12H13ClN4O4/c1-5(18)21-7-2-6(9(19)10(7)20)17-4-16-8-11(13)14-3-15-12(8)17/h3-4,6-7,9-10,19-20H,2H2,1H3/t6-,7-,9+,10-/m0/s1. The number of nitrogens with zero attached hydrogens (tertiary/aromatic N) is 4. The van der Waals surface area contributed by atoms with E-state index >= 15 is 0 Å². The van der Waals surface area contributed by atoms with E-state index in [0.29, 0.717) is 11.2 Å². The van der Waals surface area contributed by atoms with Crippen molar-refractivity contribution < 1.29 is 19.7 Å². The van der Waals surface area contributed by atoms with Crippen LogP contribution >= 0.6 is 11.6 Å². The zero-order valence-corrected chi connectivity index (χ0v) is 11.8. The molecule has 9 heteroatoms. The van der Waals surface area contributed by atoms with Crippen molar-refractivity contribution in [3.8, 4) is 0 Å². The smallest absolute Gasteiger partial charge is 0.302 e. The van der Waals surface area contributed by atoms with Crippen LogP contribution in [0.25, 0.3) is 11.2 Å². The number of imidazole rings is 1. The molecule has 8 nitrogen and oxygen atoms in total. The minimum Gasteiger partial charge on any atom is -0.460 e. The first-order valence-electron chi connectivity index (χ1n) is 6.35. The number of fused-ring (bicyclic) bond motifs is 1. The summed E-state index contributed by atoms with van der Waals surface area (Å²) < 4.78 is 6.63. The third-order valence-electron chi connectivity index (χ3n) is 3.59. The Morgan fingerprint density at radius 1 is 1.38 bits per heavy atom. The number of halogens is 1. The molecule has 0 saturated heterocycles. The van der Waals surface area contributed by atoms with Crippen molar-refractivity contribution in [1.29, 1.82) is 0 Å². The number of ether oxygens (including phenoxy) is 1. The predicted molar refractivity (Wildman–Crippen MR) is 71.6 cm³/mol. The van der Waals surface area contributed by atoms with E-state index in [2.05, 4.69) is 15.0 Å². The van der Waals surface area contributed by atoms with Crippen LogP contribution in [-0.2, 0) is 9.53 Å². The van der Waals surface area contributed by atoms with Gasteiger partial charge in [0.15, 0.2) is 10.8 Å². The van der Waals surface area contributed by atoms with Gasteiger partial charge < -0.3 is 19.5 Å². The molecule has 2 aromatic rings. The lowest BCUT2D eigenvalue weighted by molar-refractivity contribution is -0.152. The molecule has 2 aromatic heterocycles. The normalized spacial score (nSPS) is 29.0. The molecule has 3 rings (SSSR count). The second-order valence-corrected chi connectivity index (χ2v) is 5.28. The molecule has 0 spiro atoms. The molecule has 4 atom stereocenters. The van der Waals surface area contributed by atoms with Crippen molar-refractivity contribution in [2.24, 2.45) is 0 Å². The van der Waals surface area contributed by atoms with Crippen molar-refractivity contribution in [2.75, 3.05) is 0 Å². The molecule has 1 aliphatic rings. The second-order valence-electron chi connectivity index (χ2n) is 4.92. The molecule has 2 heterocycles. The van der Waals surface area contributed by atoms with Crippen LogP contribution in [0.5, 0.6) is 0 Å². The minimum atomic E-state index is -1.16. The molecule has 0 aliphatic heterocycles. The maximum Gasteiger partial charge on any atom is 0.302 e. The molecule has 21 heavy (non-hydrogen) atoms. The fraction of sp³-hybridized carbons (Fsp3) is 0.500. The van der Waals surface area contributed by atoms with Gasteiger partial charge in [0.25, 0.3) is 0 Å². The highest BCUT2D eigenvalue weighted by atomic mass is 35.5. The maximum atomic E-state index is 11.0. The molecule has 0 bridgehead atoms. The van der Waals surface area contributed by atoms with E-state index in [1.807, 2.05) is 0 Å². The number of aromatic nitrogens is 4. The highest BCUT2D eigenvalue weighted by molar-refractivity contribution is 6.33. The van der Waals surface area contributed by atoms with Crippen LogP contribution in [0.3, 0.4) is 0 Å². The summed E-state index contributed by atoms with van der Waals surface area (Å²) in [5.41, 5.74) is 0.867. The number of carbonyl (C=O) groups is 1. The predicted octanol–water partition coefficient (Wildman–Crippen LogP) is 0.0780. The van der Waals surface area contributed by atoms with E-state index in [9.17, 15) is 15.0 Å². The number of esters is 1. The molecule has 0 unspecified atom stereocenters. The fourth-order valence-corrected chi connectivity index (χ4v) is 2.82. The fourth-order valence-electron chi connectivity index (χ4n) is 2.64. The quantitative estimate of drug-likeness (QED) is 0.596. The number of rotatable bonds is 2. The summed E-state index contributed by atoms with van der Waals surface area (Å²) in [6, 6.07) is -0.514. The average molecular weight is 313 g/mol. The molecule has 0 amide bonds. The number of aliphatic hydroxyl groups is 2. The first-order valence-corrected chi connectivity index (χ1v) is 6.73. The molecule has 2 N–H and O–H groups in total. The lowest BCUT2D eigenvalue weighted by Crippen LogP contribution is -2.33. The molecule has 1 fully saturated rings. The van der Waals surface area contributed by atoms with Crippen LogP contribution in [-0.4, -0.2) is 54.0 Å². The van der Waals surface area contributed by atoms with Crippen LogP contribution in [0.2, 0.25) is 5.15 Å². The summed E-state index contributed by atoms with van der Waals surface area (Å²) in [6.07, 6.45) is 0.00706. The number of aliphatic hydroxyl groups excluding tert-OH is 2. The zero-order chi connectivity index (χ0) is 15.1. The zero-order valence-electron chi connectivity index (χ0n) is 11.0. The van der Waals surface area contributed by atoms with Gasteiger partial charge in [-0.3, -0.25) is 4.79 Å². The highest BCUT2D eigenvalue weighted by Crippen LogP contribution is 2.35. The van der Waals surface area contributed by atoms with Gasteiger partial charge in [-0.15, -0.1) is 0 Å². The maximum absolute atomic E-state index is 11.0. The van der Waals surface area contributed by atoms with Gasteiger partial charge in [0, 0.05) is 13.3 Å². The van der Waals surface area contributed by atoms with E-state index in [1.54, 1.807) is 4.57 Å². The summed E-state index contributed by atoms with van der Waals surface area (Å²) >= 11 is 5.93. The van der Waals surface area contributed by atoms with Gasteiger partial charge >= 0.3 is 5.97 Å². The van der Waals surface area contributed by atoms with Gasteiger partial charge in [-0.05, 0) is 0 Å². The first-order chi connectivity index (χ1) is 9.99. The Balaban J connectivity index is 1.96. The van der Waals surface area contributed by atoms with Crippen LogP contribution in [0.15, 0.2) is 12.7 Å². The number of carbonyl (C=O) groups excluding carboxylic acids is 1. The van der Waals surface area contributed by atoms with Gasteiger partial charge in [0.05, 0.1) is 12.4 Å².